The lowest BCUT2D eigenvalue weighted by molar-refractivity contribution is -0.123. The van der Waals surface area contributed by atoms with Gasteiger partial charge < -0.3 is 15.4 Å². The van der Waals surface area contributed by atoms with E-state index in [2.05, 4.69) is 10.6 Å². The van der Waals surface area contributed by atoms with E-state index >= 15 is 0 Å². The molecule has 2 atom stereocenters. The minimum Gasteiger partial charge on any atom is -0.444 e. The van der Waals surface area contributed by atoms with Crippen molar-refractivity contribution in [3.63, 3.8) is 0 Å². The van der Waals surface area contributed by atoms with Crippen LogP contribution in [0.3, 0.4) is 0 Å². The first-order chi connectivity index (χ1) is 12.5. The average molecular weight is 378 g/mol. The molecule has 0 saturated heterocycles. The van der Waals surface area contributed by atoms with E-state index in [0.717, 1.165) is 12.8 Å². The minimum absolute atomic E-state index is 0.147. The van der Waals surface area contributed by atoms with E-state index in [1.807, 2.05) is 13.8 Å². The van der Waals surface area contributed by atoms with Crippen LogP contribution in [0.5, 0.6) is 0 Å². The summed E-state index contributed by atoms with van der Waals surface area (Å²) in [6.45, 7) is 9.49. The topological polar surface area (TPSA) is 67.4 Å². The van der Waals surface area contributed by atoms with Gasteiger partial charge in [-0.2, -0.15) is 0 Å². The third kappa shape index (κ3) is 6.52. The van der Waals surface area contributed by atoms with Crippen LogP contribution in [-0.4, -0.2) is 29.7 Å². The van der Waals surface area contributed by atoms with Crippen LogP contribution in [0.1, 0.15) is 65.4 Å². The highest BCUT2D eigenvalue weighted by Crippen LogP contribution is 2.39. The number of carbonyl (C=O) groups excluding carboxylic acids is 2. The van der Waals surface area contributed by atoms with Gasteiger partial charge in [0, 0.05) is 13.0 Å². The number of hydrogen-bond acceptors (Lipinski definition) is 3. The molecule has 0 radical (unpaired) electrons. The van der Waals surface area contributed by atoms with Crippen molar-refractivity contribution in [3.05, 3.63) is 35.6 Å². The highest BCUT2D eigenvalue weighted by atomic mass is 19.1. The quantitative estimate of drug-likeness (QED) is 0.750. The van der Waals surface area contributed by atoms with Crippen molar-refractivity contribution in [1.29, 1.82) is 0 Å². The Morgan fingerprint density at radius 1 is 1.22 bits per heavy atom. The molecule has 1 aliphatic carbocycles. The SMILES string of the molecule is CC(CC(=O)NC(C)(CNC(=O)OC(C)(C)C)C1CC1)c1ccccc1F. The molecule has 0 spiro atoms. The van der Waals surface area contributed by atoms with Gasteiger partial charge in [0.2, 0.25) is 5.91 Å². The summed E-state index contributed by atoms with van der Waals surface area (Å²) in [6, 6.07) is 6.52. The number of hydrogen-bond donors (Lipinski definition) is 2. The van der Waals surface area contributed by atoms with Crippen molar-refractivity contribution in [3.8, 4) is 0 Å². The second-order valence-electron chi connectivity index (χ2n) is 8.72. The molecule has 27 heavy (non-hydrogen) atoms. The van der Waals surface area contributed by atoms with Crippen molar-refractivity contribution >= 4 is 12.0 Å². The summed E-state index contributed by atoms with van der Waals surface area (Å²) in [6.07, 6.45) is 1.71. The fourth-order valence-corrected chi connectivity index (χ4v) is 3.21. The van der Waals surface area contributed by atoms with Gasteiger partial charge in [0.1, 0.15) is 11.4 Å². The third-order valence-corrected chi connectivity index (χ3v) is 4.83. The first-order valence-electron chi connectivity index (χ1n) is 9.52. The first-order valence-corrected chi connectivity index (χ1v) is 9.52. The highest BCUT2D eigenvalue weighted by Gasteiger charge is 2.43. The van der Waals surface area contributed by atoms with Gasteiger partial charge in [0.25, 0.3) is 0 Å². The van der Waals surface area contributed by atoms with Crippen molar-refractivity contribution in [2.24, 2.45) is 5.92 Å². The lowest BCUT2D eigenvalue weighted by Crippen LogP contribution is -2.55. The largest absolute Gasteiger partial charge is 0.444 e. The molecule has 2 rings (SSSR count). The Hall–Kier alpha value is -2.11. The van der Waals surface area contributed by atoms with E-state index < -0.39 is 17.2 Å². The monoisotopic (exact) mass is 378 g/mol. The predicted octanol–water partition coefficient (Wildman–Crippen LogP) is 4.13. The van der Waals surface area contributed by atoms with Gasteiger partial charge in [-0.3, -0.25) is 4.79 Å². The van der Waals surface area contributed by atoms with Crippen LogP contribution in [0.2, 0.25) is 0 Å². The summed E-state index contributed by atoms with van der Waals surface area (Å²) >= 11 is 0. The summed E-state index contributed by atoms with van der Waals surface area (Å²) in [5.41, 5.74) is -0.575. The second kappa shape index (κ2) is 8.28. The molecule has 2 unspecified atom stereocenters. The van der Waals surface area contributed by atoms with Gasteiger partial charge in [0.15, 0.2) is 0 Å². The average Bonchev–Trinajstić information content (AvgIpc) is 3.37. The van der Waals surface area contributed by atoms with Gasteiger partial charge in [-0.25, -0.2) is 9.18 Å². The van der Waals surface area contributed by atoms with E-state index in [1.54, 1.807) is 39.0 Å². The molecule has 0 heterocycles. The summed E-state index contributed by atoms with van der Waals surface area (Å²) in [4.78, 5) is 24.5. The normalized spacial score (nSPS) is 17.6. The molecule has 1 aromatic rings. The maximum absolute atomic E-state index is 13.9. The Balaban J connectivity index is 1.93. The molecule has 1 fully saturated rings. The summed E-state index contributed by atoms with van der Waals surface area (Å²) < 4.78 is 19.2. The zero-order valence-corrected chi connectivity index (χ0v) is 16.9. The Labute approximate surface area is 161 Å². The van der Waals surface area contributed by atoms with Gasteiger partial charge in [-0.15, -0.1) is 0 Å². The fraction of sp³-hybridized carbons (Fsp3) is 0.619. The predicted molar refractivity (Wildman–Crippen MR) is 103 cm³/mol. The van der Waals surface area contributed by atoms with Gasteiger partial charge in [-0.05, 0) is 64.0 Å². The molecule has 0 bridgehead atoms. The molecule has 1 aliphatic rings. The Bertz CT molecular complexity index is 682. The number of carbonyl (C=O) groups is 2. The molecule has 0 aliphatic heterocycles. The number of nitrogens with one attached hydrogen (secondary N) is 2. The van der Waals surface area contributed by atoms with Gasteiger partial charge >= 0.3 is 6.09 Å². The molecular formula is C21H31FN2O3. The van der Waals surface area contributed by atoms with Gasteiger partial charge in [-0.1, -0.05) is 25.1 Å². The van der Waals surface area contributed by atoms with Gasteiger partial charge in [0.05, 0.1) is 5.54 Å². The number of benzene rings is 1. The minimum atomic E-state index is -0.571. The van der Waals surface area contributed by atoms with Crippen molar-refractivity contribution in [2.45, 2.75) is 70.9 Å². The van der Waals surface area contributed by atoms with E-state index in [9.17, 15) is 14.0 Å². The van der Waals surface area contributed by atoms with Crippen molar-refractivity contribution < 1.29 is 18.7 Å². The highest BCUT2D eigenvalue weighted by molar-refractivity contribution is 5.78. The van der Waals surface area contributed by atoms with Crippen LogP contribution in [0.25, 0.3) is 0 Å². The van der Waals surface area contributed by atoms with E-state index in [-0.39, 0.29) is 24.1 Å². The number of ether oxygens (including phenoxy) is 1. The Morgan fingerprint density at radius 3 is 2.41 bits per heavy atom. The Kier molecular flexibility index (Phi) is 6.50. The molecule has 2 N–H and O–H groups in total. The summed E-state index contributed by atoms with van der Waals surface area (Å²) in [5, 5.41) is 5.83. The summed E-state index contributed by atoms with van der Waals surface area (Å²) in [7, 11) is 0. The van der Waals surface area contributed by atoms with Crippen LogP contribution >= 0.6 is 0 Å². The zero-order chi connectivity index (χ0) is 20.2. The molecule has 2 amide bonds. The number of amides is 2. The number of alkyl carbamates (subject to hydrolysis) is 1. The maximum atomic E-state index is 13.9. The summed E-state index contributed by atoms with van der Waals surface area (Å²) in [5.74, 6) is -0.353. The third-order valence-electron chi connectivity index (χ3n) is 4.83. The van der Waals surface area contributed by atoms with E-state index in [4.69, 9.17) is 4.74 Å². The van der Waals surface area contributed by atoms with Crippen molar-refractivity contribution in [1.82, 2.24) is 10.6 Å². The number of rotatable bonds is 7. The van der Waals surface area contributed by atoms with E-state index in [0.29, 0.717) is 18.0 Å². The number of halogens is 1. The standard InChI is InChI=1S/C21H31FN2O3/c1-14(16-8-6-7-9-17(16)22)12-18(25)24-21(5,15-10-11-15)13-23-19(26)27-20(2,3)4/h6-9,14-15H,10-13H2,1-5H3,(H,23,26)(H,24,25). The van der Waals surface area contributed by atoms with Crippen LogP contribution in [-0.2, 0) is 9.53 Å². The second-order valence-corrected chi connectivity index (χ2v) is 8.72. The lowest BCUT2D eigenvalue weighted by Gasteiger charge is -2.32. The zero-order valence-electron chi connectivity index (χ0n) is 16.9. The first kappa shape index (κ1) is 21.2. The molecular weight excluding hydrogens is 347 g/mol. The van der Waals surface area contributed by atoms with Crippen molar-refractivity contribution in [2.75, 3.05) is 6.54 Å². The molecule has 150 valence electrons. The van der Waals surface area contributed by atoms with Crippen LogP contribution in [0.4, 0.5) is 9.18 Å². The van der Waals surface area contributed by atoms with Crippen LogP contribution in [0.15, 0.2) is 24.3 Å². The lowest BCUT2D eigenvalue weighted by atomic mass is 9.93. The van der Waals surface area contributed by atoms with Crippen LogP contribution < -0.4 is 10.6 Å². The maximum Gasteiger partial charge on any atom is 0.407 e. The smallest absolute Gasteiger partial charge is 0.407 e. The molecule has 5 nitrogen and oxygen atoms in total. The van der Waals surface area contributed by atoms with Crippen LogP contribution in [0, 0.1) is 11.7 Å². The van der Waals surface area contributed by atoms with E-state index in [1.165, 1.54) is 6.07 Å². The fourth-order valence-electron chi connectivity index (χ4n) is 3.21. The molecule has 6 heteroatoms. The molecule has 1 aromatic carbocycles. The molecule has 1 saturated carbocycles. The molecule has 0 aromatic heterocycles. The Morgan fingerprint density at radius 2 is 1.85 bits per heavy atom.